The third-order valence-corrected chi connectivity index (χ3v) is 4.18. The molecule has 1 saturated heterocycles. The summed E-state index contributed by atoms with van der Waals surface area (Å²) >= 11 is 0. The molecule has 0 spiro atoms. The van der Waals surface area contributed by atoms with E-state index in [2.05, 4.69) is 29.3 Å². The largest absolute Gasteiger partial charge is 0.508 e. The number of anilines is 1. The number of hydrogen-bond donors (Lipinski definition) is 2. The lowest BCUT2D eigenvalue weighted by atomic mass is 10.00. The number of fused-ring (bicyclic) bond motifs is 1. The number of hydrogen-bond acceptors (Lipinski definition) is 4. The summed E-state index contributed by atoms with van der Waals surface area (Å²) in [5, 5.41) is 14.0. The Morgan fingerprint density at radius 2 is 1.95 bits per heavy atom. The predicted molar refractivity (Wildman–Crippen MR) is 81.6 cm³/mol. The van der Waals surface area contributed by atoms with Crippen LogP contribution in [-0.2, 0) is 0 Å². The molecule has 0 saturated carbocycles. The summed E-state index contributed by atoms with van der Waals surface area (Å²) in [7, 11) is 0. The normalized spacial score (nSPS) is 23.9. The molecule has 2 aromatic rings. The van der Waals surface area contributed by atoms with Crippen LogP contribution < -0.4 is 5.43 Å². The molecule has 2 heterocycles. The van der Waals surface area contributed by atoms with Crippen molar-refractivity contribution in [3.63, 3.8) is 0 Å². The smallest absolute Gasteiger partial charge is 0.148 e. The van der Waals surface area contributed by atoms with Crippen molar-refractivity contribution in [3.05, 3.63) is 30.5 Å². The van der Waals surface area contributed by atoms with E-state index in [9.17, 15) is 5.11 Å². The second-order valence-electron chi connectivity index (χ2n) is 5.71. The summed E-state index contributed by atoms with van der Waals surface area (Å²) in [6.45, 7) is 4.48. The number of hydrazine groups is 1. The second-order valence-corrected chi connectivity index (χ2v) is 5.71. The number of nitrogens with zero attached hydrogens (tertiary/aromatic N) is 2. The van der Waals surface area contributed by atoms with Crippen LogP contribution in [0.25, 0.3) is 10.8 Å². The van der Waals surface area contributed by atoms with Gasteiger partial charge in [-0.15, -0.1) is 0 Å². The van der Waals surface area contributed by atoms with Gasteiger partial charge < -0.3 is 10.5 Å². The van der Waals surface area contributed by atoms with Gasteiger partial charge in [-0.2, -0.15) is 0 Å². The van der Waals surface area contributed by atoms with Crippen molar-refractivity contribution in [1.82, 2.24) is 9.99 Å². The van der Waals surface area contributed by atoms with Crippen LogP contribution in [0.15, 0.2) is 30.5 Å². The molecule has 1 aliphatic heterocycles. The van der Waals surface area contributed by atoms with Gasteiger partial charge in [-0.05, 0) is 50.3 Å². The molecule has 1 aliphatic rings. The highest BCUT2D eigenvalue weighted by Gasteiger charge is 2.25. The Morgan fingerprint density at radius 3 is 2.70 bits per heavy atom. The Balaban J connectivity index is 1.95. The van der Waals surface area contributed by atoms with Crippen LogP contribution in [0.4, 0.5) is 5.82 Å². The van der Waals surface area contributed by atoms with Gasteiger partial charge in [-0.25, -0.2) is 9.99 Å². The Morgan fingerprint density at radius 1 is 1.20 bits per heavy atom. The van der Waals surface area contributed by atoms with Gasteiger partial charge in [0.05, 0.1) is 0 Å². The zero-order valence-corrected chi connectivity index (χ0v) is 12.0. The van der Waals surface area contributed by atoms with Gasteiger partial charge >= 0.3 is 0 Å². The number of phenols is 1. The average molecular weight is 271 g/mol. The monoisotopic (exact) mass is 271 g/mol. The highest BCUT2D eigenvalue weighted by atomic mass is 16.3. The maximum Gasteiger partial charge on any atom is 0.148 e. The van der Waals surface area contributed by atoms with Crippen molar-refractivity contribution in [1.29, 1.82) is 0 Å². The highest BCUT2D eigenvalue weighted by molar-refractivity contribution is 5.92. The summed E-state index contributed by atoms with van der Waals surface area (Å²) in [4.78, 5) is 4.45. The number of rotatable bonds is 2. The molecule has 4 heteroatoms. The van der Waals surface area contributed by atoms with Crippen molar-refractivity contribution in [2.75, 3.05) is 5.43 Å². The molecule has 2 unspecified atom stereocenters. The summed E-state index contributed by atoms with van der Waals surface area (Å²) < 4.78 is 0. The molecule has 2 N–H and O–H groups in total. The molecular formula is C16H21N3O. The Kier molecular flexibility index (Phi) is 3.49. The maximum absolute atomic E-state index is 9.70. The molecule has 1 aromatic heterocycles. The quantitative estimate of drug-likeness (QED) is 0.877. The fraction of sp³-hybridized carbons (Fsp3) is 0.438. The average Bonchev–Trinajstić information content (AvgIpc) is 2.43. The number of nitrogens with one attached hydrogen (secondary N) is 1. The first kappa shape index (κ1) is 13.2. The van der Waals surface area contributed by atoms with E-state index in [0.717, 1.165) is 16.6 Å². The Bertz CT molecular complexity index is 604. The summed E-state index contributed by atoms with van der Waals surface area (Å²) in [5.74, 6) is 1.09. The van der Waals surface area contributed by atoms with Crippen LogP contribution >= 0.6 is 0 Å². The van der Waals surface area contributed by atoms with E-state index >= 15 is 0 Å². The standard InChI is InChI=1S/C16H21N3O/c1-11-4-3-5-12(2)19(11)18-16-15-10-14(20)7-6-13(15)8-9-17-16/h6-12,20H,3-5H2,1-2H3,(H,17,18). The fourth-order valence-corrected chi connectivity index (χ4v) is 3.01. The van der Waals surface area contributed by atoms with E-state index in [-0.39, 0.29) is 5.75 Å². The lowest BCUT2D eigenvalue weighted by molar-refractivity contribution is 0.135. The zero-order chi connectivity index (χ0) is 14.1. The molecule has 2 atom stereocenters. The molecule has 0 amide bonds. The van der Waals surface area contributed by atoms with Gasteiger partial charge in [0.2, 0.25) is 0 Å². The molecule has 1 fully saturated rings. The van der Waals surface area contributed by atoms with Crippen molar-refractivity contribution in [3.8, 4) is 5.75 Å². The van der Waals surface area contributed by atoms with E-state index in [1.807, 2.05) is 12.1 Å². The van der Waals surface area contributed by atoms with Crippen LogP contribution in [0.3, 0.4) is 0 Å². The minimum absolute atomic E-state index is 0.272. The topological polar surface area (TPSA) is 48.4 Å². The minimum Gasteiger partial charge on any atom is -0.508 e. The SMILES string of the molecule is CC1CCCC(C)N1Nc1nccc2ccc(O)cc12. The third-order valence-electron chi connectivity index (χ3n) is 4.18. The van der Waals surface area contributed by atoms with Crippen molar-refractivity contribution >= 4 is 16.6 Å². The molecule has 0 aliphatic carbocycles. The molecule has 3 rings (SSSR count). The maximum atomic E-state index is 9.70. The molecule has 0 bridgehead atoms. The molecule has 1 aromatic carbocycles. The van der Waals surface area contributed by atoms with Gasteiger partial charge in [0, 0.05) is 23.7 Å². The zero-order valence-electron chi connectivity index (χ0n) is 12.0. The van der Waals surface area contributed by atoms with Crippen LogP contribution in [0.1, 0.15) is 33.1 Å². The van der Waals surface area contributed by atoms with Crippen LogP contribution in [-0.4, -0.2) is 27.2 Å². The van der Waals surface area contributed by atoms with Crippen molar-refractivity contribution in [2.45, 2.75) is 45.2 Å². The minimum atomic E-state index is 0.272. The van der Waals surface area contributed by atoms with Gasteiger partial charge in [0.1, 0.15) is 11.6 Å². The summed E-state index contributed by atoms with van der Waals surface area (Å²) in [5.41, 5.74) is 3.46. The number of benzene rings is 1. The van der Waals surface area contributed by atoms with Gasteiger partial charge in [-0.1, -0.05) is 12.5 Å². The number of piperidine rings is 1. The molecule has 20 heavy (non-hydrogen) atoms. The van der Waals surface area contributed by atoms with Crippen LogP contribution in [0, 0.1) is 0 Å². The van der Waals surface area contributed by atoms with Gasteiger partial charge in [-0.3, -0.25) is 0 Å². The molecule has 0 radical (unpaired) electrons. The van der Waals surface area contributed by atoms with Crippen LogP contribution in [0.5, 0.6) is 5.75 Å². The summed E-state index contributed by atoms with van der Waals surface area (Å²) in [6, 6.07) is 8.34. The lowest BCUT2D eigenvalue weighted by Crippen LogP contribution is -2.47. The fourth-order valence-electron chi connectivity index (χ4n) is 3.01. The van der Waals surface area contributed by atoms with Crippen molar-refractivity contribution in [2.24, 2.45) is 0 Å². The first-order valence-corrected chi connectivity index (χ1v) is 7.28. The number of pyridine rings is 1. The van der Waals surface area contributed by atoms with E-state index in [1.54, 1.807) is 18.3 Å². The third kappa shape index (κ3) is 2.43. The van der Waals surface area contributed by atoms with E-state index in [4.69, 9.17) is 0 Å². The highest BCUT2D eigenvalue weighted by Crippen LogP contribution is 2.28. The van der Waals surface area contributed by atoms with E-state index < -0.39 is 0 Å². The van der Waals surface area contributed by atoms with E-state index in [0.29, 0.717) is 12.1 Å². The second kappa shape index (κ2) is 5.29. The number of phenolic OH excluding ortho intramolecular Hbond substituents is 1. The Labute approximate surface area is 119 Å². The lowest BCUT2D eigenvalue weighted by Gasteiger charge is -2.39. The number of aromatic hydroxyl groups is 1. The first-order valence-electron chi connectivity index (χ1n) is 7.28. The predicted octanol–water partition coefficient (Wildman–Crippen LogP) is 3.53. The van der Waals surface area contributed by atoms with E-state index in [1.165, 1.54) is 19.3 Å². The van der Waals surface area contributed by atoms with Crippen molar-refractivity contribution < 1.29 is 5.11 Å². The summed E-state index contributed by atoms with van der Waals surface area (Å²) in [6.07, 6.45) is 5.49. The molecular weight excluding hydrogens is 250 g/mol. The van der Waals surface area contributed by atoms with Crippen LogP contribution in [0.2, 0.25) is 0 Å². The van der Waals surface area contributed by atoms with Gasteiger partial charge in [0.15, 0.2) is 0 Å². The van der Waals surface area contributed by atoms with Gasteiger partial charge in [0.25, 0.3) is 0 Å². The first-order chi connectivity index (χ1) is 9.65. The number of aromatic nitrogens is 1. The Hall–Kier alpha value is -1.81. The molecule has 4 nitrogen and oxygen atoms in total. The molecule has 106 valence electrons.